The van der Waals surface area contributed by atoms with Gasteiger partial charge in [-0.1, -0.05) is 21.1 Å². The Labute approximate surface area is 178 Å². The summed E-state index contributed by atoms with van der Waals surface area (Å²) in [4.78, 5) is 12.6. The molecule has 2 aromatic heterocycles. The van der Waals surface area contributed by atoms with Gasteiger partial charge in [0, 0.05) is 28.4 Å². The van der Waals surface area contributed by atoms with E-state index in [9.17, 15) is 17.6 Å². The summed E-state index contributed by atoms with van der Waals surface area (Å²) in [5.41, 5.74) is 0.383. The summed E-state index contributed by atoms with van der Waals surface area (Å²) in [6.07, 6.45) is 1.32. The molecule has 0 unspecified atom stereocenters. The largest absolute Gasteiger partial charge is 0.495 e. The number of benzene rings is 1. The van der Waals surface area contributed by atoms with Gasteiger partial charge in [0.25, 0.3) is 15.6 Å². The molecule has 0 saturated carbocycles. The molecular weight excluding hydrogens is 481 g/mol. The van der Waals surface area contributed by atoms with Gasteiger partial charge in [-0.3, -0.25) is 14.1 Å². The van der Waals surface area contributed by atoms with Crippen molar-refractivity contribution in [1.82, 2.24) is 9.72 Å². The molecule has 0 fully saturated rings. The fraction of sp³-hybridized carbons (Fsp3) is 0.158. The van der Waals surface area contributed by atoms with Crippen LogP contribution in [0.15, 0.2) is 73.2 Å². The number of ether oxygens (including phenoxy) is 1. The third-order valence-electron chi connectivity index (χ3n) is 4.57. The van der Waals surface area contributed by atoms with E-state index < -0.39 is 16.2 Å². The minimum Gasteiger partial charge on any atom is -0.495 e. The molecule has 0 spiro atoms. The van der Waals surface area contributed by atoms with Crippen LogP contribution in [0.25, 0.3) is 16.6 Å². The lowest BCUT2D eigenvalue weighted by atomic mass is 10.1. The molecule has 1 aliphatic rings. The van der Waals surface area contributed by atoms with E-state index in [1.807, 2.05) is 0 Å². The molecule has 1 aliphatic carbocycles. The highest BCUT2D eigenvalue weighted by molar-refractivity contribution is 9.11. The number of methoxy groups -OCH3 is 1. The monoisotopic (exact) mass is 495 g/mol. The first-order valence-electron chi connectivity index (χ1n) is 8.68. The number of anilines is 1. The lowest BCUT2D eigenvalue weighted by Gasteiger charge is -2.22. The van der Waals surface area contributed by atoms with E-state index in [1.54, 1.807) is 0 Å². The Kier molecular flexibility index (Phi) is 5.24. The normalized spacial score (nSPS) is 17.2. The van der Waals surface area contributed by atoms with Crippen LogP contribution < -0.4 is 10.3 Å². The third-order valence-corrected chi connectivity index (χ3v) is 6.65. The highest BCUT2D eigenvalue weighted by Crippen LogP contribution is 2.34. The van der Waals surface area contributed by atoms with Crippen LogP contribution >= 0.6 is 15.9 Å². The maximum absolute atomic E-state index is 14.3. The average molecular weight is 496 g/mol. The molecule has 0 aliphatic heterocycles. The molecule has 30 heavy (non-hydrogen) atoms. The van der Waals surface area contributed by atoms with E-state index in [0.29, 0.717) is 26.8 Å². The van der Waals surface area contributed by atoms with Crippen molar-refractivity contribution in [1.29, 1.82) is 0 Å². The number of halogens is 2. The van der Waals surface area contributed by atoms with Gasteiger partial charge >= 0.3 is 0 Å². The molecule has 3 aromatic rings. The number of aromatic nitrogens is 2. The Hall–Kier alpha value is -2.92. The number of fused-ring (bicyclic) bond motifs is 1. The van der Waals surface area contributed by atoms with Crippen molar-refractivity contribution >= 4 is 48.4 Å². The summed E-state index contributed by atoms with van der Waals surface area (Å²) >= 11 is 3.16. The van der Waals surface area contributed by atoms with Crippen molar-refractivity contribution in [3.63, 3.8) is 0 Å². The Balaban J connectivity index is 1.86. The topological polar surface area (TPSA) is 103 Å². The standard InChI is InChI=1S/C19H15BrFN3O5S/c1-28-17-9-13(20)14(21)10-16(17)24-15-4-3-12(8-11(15)2-5-19(24)25)30(26,27)23-18-6-7-29-22-18/h2-9,14H,10H2,1H3,(H,22,23)/t14-/m1/s1. The first-order valence-corrected chi connectivity index (χ1v) is 11.0. The van der Waals surface area contributed by atoms with Crippen LogP contribution in [0.2, 0.25) is 0 Å². The quantitative estimate of drug-likeness (QED) is 0.579. The number of hydrogen-bond acceptors (Lipinski definition) is 6. The van der Waals surface area contributed by atoms with Crippen molar-refractivity contribution < 1.29 is 22.1 Å². The third kappa shape index (κ3) is 3.65. The van der Waals surface area contributed by atoms with E-state index >= 15 is 0 Å². The molecule has 0 amide bonds. The highest BCUT2D eigenvalue weighted by atomic mass is 79.9. The Morgan fingerprint density at radius 1 is 1.30 bits per heavy atom. The molecule has 1 aromatic carbocycles. The molecule has 0 bridgehead atoms. The minimum atomic E-state index is -3.93. The van der Waals surface area contributed by atoms with Crippen LogP contribution in [0, 0.1) is 0 Å². The molecule has 0 saturated heterocycles. The van der Waals surface area contributed by atoms with Crippen LogP contribution in [0.5, 0.6) is 0 Å². The van der Waals surface area contributed by atoms with Gasteiger partial charge < -0.3 is 9.26 Å². The van der Waals surface area contributed by atoms with E-state index in [-0.39, 0.29) is 22.7 Å². The minimum absolute atomic E-state index is 0.0289. The van der Waals surface area contributed by atoms with Gasteiger partial charge in [0.15, 0.2) is 5.82 Å². The van der Waals surface area contributed by atoms with Gasteiger partial charge in [-0.05, 0) is 30.3 Å². The van der Waals surface area contributed by atoms with Crippen molar-refractivity contribution in [2.75, 3.05) is 11.8 Å². The molecule has 2 heterocycles. The summed E-state index contributed by atoms with van der Waals surface area (Å²) in [5, 5.41) is 4.01. The van der Waals surface area contributed by atoms with Crippen LogP contribution in [0.3, 0.4) is 0 Å². The fourth-order valence-electron chi connectivity index (χ4n) is 3.18. The molecule has 156 valence electrons. The number of sulfonamides is 1. The van der Waals surface area contributed by atoms with E-state index in [2.05, 4.69) is 30.3 Å². The zero-order chi connectivity index (χ0) is 21.5. The second-order valence-electron chi connectivity index (χ2n) is 6.43. The maximum atomic E-state index is 14.3. The lowest BCUT2D eigenvalue weighted by Crippen LogP contribution is -2.24. The summed E-state index contributed by atoms with van der Waals surface area (Å²) in [7, 11) is -2.49. The zero-order valence-corrected chi connectivity index (χ0v) is 17.9. The van der Waals surface area contributed by atoms with E-state index in [4.69, 9.17) is 4.74 Å². The van der Waals surface area contributed by atoms with Crippen molar-refractivity contribution in [2.45, 2.75) is 17.5 Å². The first kappa shape index (κ1) is 20.4. The maximum Gasteiger partial charge on any atom is 0.263 e. The lowest BCUT2D eigenvalue weighted by molar-refractivity contribution is 0.296. The number of hydrogen-bond donors (Lipinski definition) is 1. The van der Waals surface area contributed by atoms with Gasteiger partial charge in [-0.2, -0.15) is 0 Å². The second kappa shape index (κ2) is 7.73. The smallest absolute Gasteiger partial charge is 0.263 e. The first-order chi connectivity index (χ1) is 14.3. The Morgan fingerprint density at radius 2 is 2.10 bits per heavy atom. The van der Waals surface area contributed by atoms with Crippen LogP contribution in [0.1, 0.15) is 6.42 Å². The summed E-state index contributed by atoms with van der Waals surface area (Å²) in [5.74, 6) is 0.387. The number of alkyl halides is 1. The van der Waals surface area contributed by atoms with Crippen molar-refractivity contribution in [3.05, 3.63) is 69.3 Å². The van der Waals surface area contributed by atoms with Crippen molar-refractivity contribution in [2.24, 2.45) is 0 Å². The number of nitrogens with one attached hydrogen (secondary N) is 1. The Morgan fingerprint density at radius 3 is 2.80 bits per heavy atom. The molecule has 1 atom stereocenters. The van der Waals surface area contributed by atoms with E-state index in [1.165, 1.54) is 60.4 Å². The van der Waals surface area contributed by atoms with Crippen LogP contribution in [-0.4, -0.2) is 31.4 Å². The van der Waals surface area contributed by atoms with Crippen molar-refractivity contribution in [3.8, 4) is 0 Å². The second-order valence-corrected chi connectivity index (χ2v) is 9.03. The predicted octanol–water partition coefficient (Wildman–Crippen LogP) is 3.63. The number of pyridine rings is 1. The van der Waals surface area contributed by atoms with Gasteiger partial charge in [0.2, 0.25) is 0 Å². The molecule has 1 N–H and O–H groups in total. The van der Waals surface area contributed by atoms with E-state index in [0.717, 1.165) is 0 Å². The Bertz CT molecular complexity index is 1350. The summed E-state index contributed by atoms with van der Waals surface area (Å²) in [6, 6.07) is 8.45. The molecule has 8 nitrogen and oxygen atoms in total. The predicted molar refractivity (Wildman–Crippen MR) is 112 cm³/mol. The summed E-state index contributed by atoms with van der Waals surface area (Å²) < 4.78 is 53.5. The van der Waals surface area contributed by atoms with Crippen LogP contribution in [-0.2, 0) is 14.8 Å². The van der Waals surface area contributed by atoms with Gasteiger partial charge in [0.1, 0.15) is 18.2 Å². The number of allylic oxidation sites excluding steroid dienone is 3. The molecule has 0 radical (unpaired) electrons. The fourth-order valence-corrected chi connectivity index (χ4v) is 4.57. The summed E-state index contributed by atoms with van der Waals surface area (Å²) in [6.45, 7) is 0. The van der Waals surface area contributed by atoms with Crippen LogP contribution in [0.4, 0.5) is 10.2 Å². The molecule has 4 rings (SSSR count). The zero-order valence-electron chi connectivity index (χ0n) is 15.5. The average Bonchev–Trinajstić information content (AvgIpc) is 3.21. The molecule has 11 heteroatoms. The SMILES string of the molecule is COC1=C(n2c(=O)ccc3cc(S(=O)(=O)Nc4ccon4)ccc32)C[C@@H](F)C(Br)=C1. The molecular formula is C19H15BrFN3O5S. The van der Waals surface area contributed by atoms with Gasteiger partial charge in [-0.25, -0.2) is 12.8 Å². The van der Waals surface area contributed by atoms with Gasteiger partial charge in [0.05, 0.1) is 23.2 Å². The number of nitrogens with zero attached hydrogens (tertiary/aromatic N) is 2. The highest BCUT2D eigenvalue weighted by Gasteiger charge is 2.25. The number of rotatable bonds is 5. The van der Waals surface area contributed by atoms with Gasteiger partial charge in [-0.15, -0.1) is 0 Å².